The van der Waals surface area contributed by atoms with Gasteiger partial charge in [-0.3, -0.25) is 9.59 Å². The van der Waals surface area contributed by atoms with Crippen LogP contribution in [-0.4, -0.2) is 36.3 Å². The van der Waals surface area contributed by atoms with Crippen molar-refractivity contribution in [1.29, 1.82) is 0 Å². The van der Waals surface area contributed by atoms with Gasteiger partial charge in [-0.15, -0.1) is 0 Å². The Morgan fingerprint density at radius 2 is 2.00 bits per heavy atom. The molecular formula is C16H20N2O2. The lowest BCUT2D eigenvalue weighted by Crippen LogP contribution is -2.36. The van der Waals surface area contributed by atoms with Gasteiger partial charge in [0.05, 0.1) is 0 Å². The quantitative estimate of drug-likeness (QED) is 0.909. The molecule has 1 aliphatic heterocycles. The van der Waals surface area contributed by atoms with E-state index >= 15 is 0 Å². The first-order valence-electron chi connectivity index (χ1n) is 6.93. The highest BCUT2D eigenvalue weighted by Gasteiger charge is 2.17. The Balaban J connectivity index is 1.85. The summed E-state index contributed by atoms with van der Waals surface area (Å²) in [6.45, 7) is 3.28. The molecule has 1 aliphatic rings. The lowest BCUT2D eigenvalue weighted by Gasteiger charge is -2.26. The van der Waals surface area contributed by atoms with Gasteiger partial charge in [0.15, 0.2) is 0 Å². The zero-order valence-electron chi connectivity index (χ0n) is 11.8. The van der Waals surface area contributed by atoms with Gasteiger partial charge in [-0.2, -0.15) is 0 Å². The van der Waals surface area contributed by atoms with Crippen molar-refractivity contribution < 1.29 is 9.59 Å². The molecule has 0 atom stereocenters. The van der Waals surface area contributed by atoms with Crippen LogP contribution < -0.4 is 5.32 Å². The Labute approximate surface area is 119 Å². The van der Waals surface area contributed by atoms with E-state index in [-0.39, 0.29) is 11.8 Å². The van der Waals surface area contributed by atoms with Crippen molar-refractivity contribution in [2.24, 2.45) is 0 Å². The second-order valence-corrected chi connectivity index (χ2v) is 4.92. The number of benzene rings is 1. The van der Waals surface area contributed by atoms with Crippen LogP contribution in [0.15, 0.2) is 36.4 Å². The first-order valence-corrected chi connectivity index (χ1v) is 6.93. The molecular weight excluding hydrogens is 252 g/mol. The molecule has 0 aliphatic carbocycles. The minimum atomic E-state index is -0.0947. The standard InChI is InChI=1S/C16H20N2O2/c1-13(19)17-10-7-16(20)18-11-8-15(9-12-18)14-5-3-2-4-6-14/h2-6,8H,7,9-12H2,1H3,(H,17,19). The summed E-state index contributed by atoms with van der Waals surface area (Å²) < 4.78 is 0. The van der Waals surface area contributed by atoms with E-state index in [2.05, 4.69) is 23.5 Å². The Kier molecular flexibility index (Phi) is 4.93. The predicted octanol–water partition coefficient (Wildman–Crippen LogP) is 1.83. The Morgan fingerprint density at radius 3 is 2.60 bits per heavy atom. The normalized spacial score (nSPS) is 14.7. The molecule has 1 N–H and O–H groups in total. The molecule has 0 spiro atoms. The number of nitrogens with one attached hydrogen (secondary N) is 1. The van der Waals surface area contributed by atoms with Crippen LogP contribution in [0.3, 0.4) is 0 Å². The number of carbonyl (C=O) groups is 2. The molecule has 0 aromatic heterocycles. The minimum absolute atomic E-state index is 0.0947. The summed E-state index contributed by atoms with van der Waals surface area (Å²) in [5.74, 6) is 0.00446. The summed E-state index contributed by atoms with van der Waals surface area (Å²) in [6.07, 6.45) is 3.37. The molecule has 0 saturated carbocycles. The molecule has 1 aromatic carbocycles. The number of rotatable bonds is 4. The third kappa shape index (κ3) is 3.95. The first-order chi connectivity index (χ1) is 9.66. The van der Waals surface area contributed by atoms with Crippen molar-refractivity contribution >= 4 is 17.4 Å². The van der Waals surface area contributed by atoms with Gasteiger partial charge in [0.2, 0.25) is 11.8 Å². The highest BCUT2D eigenvalue weighted by molar-refractivity contribution is 5.79. The van der Waals surface area contributed by atoms with Crippen molar-refractivity contribution in [2.45, 2.75) is 19.8 Å². The van der Waals surface area contributed by atoms with Crippen LogP contribution in [-0.2, 0) is 9.59 Å². The van der Waals surface area contributed by atoms with Gasteiger partial charge in [-0.05, 0) is 17.6 Å². The molecule has 2 rings (SSSR count). The van der Waals surface area contributed by atoms with Gasteiger partial charge in [0, 0.05) is 33.0 Å². The highest BCUT2D eigenvalue weighted by atomic mass is 16.2. The predicted molar refractivity (Wildman–Crippen MR) is 78.9 cm³/mol. The van der Waals surface area contributed by atoms with Crippen LogP contribution in [0.5, 0.6) is 0 Å². The van der Waals surface area contributed by atoms with E-state index in [0.717, 1.165) is 13.0 Å². The van der Waals surface area contributed by atoms with E-state index in [0.29, 0.717) is 19.5 Å². The third-order valence-corrected chi connectivity index (χ3v) is 3.42. The number of hydrogen-bond acceptors (Lipinski definition) is 2. The summed E-state index contributed by atoms with van der Waals surface area (Å²) in [5.41, 5.74) is 2.54. The molecule has 20 heavy (non-hydrogen) atoms. The fourth-order valence-corrected chi connectivity index (χ4v) is 2.31. The largest absolute Gasteiger partial charge is 0.356 e. The summed E-state index contributed by atoms with van der Waals surface area (Å²) in [4.78, 5) is 24.6. The maximum Gasteiger partial charge on any atom is 0.224 e. The molecule has 0 saturated heterocycles. The Morgan fingerprint density at radius 1 is 1.25 bits per heavy atom. The average Bonchev–Trinajstić information content (AvgIpc) is 2.48. The van der Waals surface area contributed by atoms with E-state index in [9.17, 15) is 9.59 Å². The van der Waals surface area contributed by atoms with Crippen molar-refractivity contribution in [2.75, 3.05) is 19.6 Å². The zero-order valence-corrected chi connectivity index (χ0v) is 11.8. The van der Waals surface area contributed by atoms with Crippen LogP contribution in [0, 0.1) is 0 Å². The monoisotopic (exact) mass is 272 g/mol. The first kappa shape index (κ1) is 14.3. The van der Waals surface area contributed by atoms with Gasteiger partial charge in [-0.25, -0.2) is 0 Å². The zero-order chi connectivity index (χ0) is 14.4. The number of carbonyl (C=O) groups excluding carboxylic acids is 2. The fourth-order valence-electron chi connectivity index (χ4n) is 2.31. The number of hydrogen-bond donors (Lipinski definition) is 1. The topological polar surface area (TPSA) is 49.4 Å². The molecule has 1 aromatic rings. The van der Waals surface area contributed by atoms with Gasteiger partial charge in [0.1, 0.15) is 0 Å². The van der Waals surface area contributed by atoms with Crippen LogP contribution in [0.4, 0.5) is 0 Å². The lowest BCUT2D eigenvalue weighted by molar-refractivity contribution is -0.130. The van der Waals surface area contributed by atoms with Gasteiger partial charge in [-0.1, -0.05) is 36.4 Å². The highest BCUT2D eigenvalue weighted by Crippen LogP contribution is 2.22. The van der Waals surface area contributed by atoms with E-state index in [1.165, 1.54) is 18.1 Å². The van der Waals surface area contributed by atoms with Crippen LogP contribution in [0.1, 0.15) is 25.3 Å². The van der Waals surface area contributed by atoms with Gasteiger partial charge < -0.3 is 10.2 Å². The van der Waals surface area contributed by atoms with E-state index in [1.54, 1.807) is 0 Å². The van der Waals surface area contributed by atoms with E-state index in [1.807, 2.05) is 23.1 Å². The summed E-state index contributed by atoms with van der Waals surface area (Å²) in [6, 6.07) is 10.3. The summed E-state index contributed by atoms with van der Waals surface area (Å²) in [7, 11) is 0. The van der Waals surface area contributed by atoms with E-state index < -0.39 is 0 Å². The van der Waals surface area contributed by atoms with Crippen LogP contribution in [0.25, 0.3) is 5.57 Å². The molecule has 0 radical (unpaired) electrons. The molecule has 0 unspecified atom stereocenters. The maximum atomic E-state index is 12.0. The number of amides is 2. The molecule has 106 valence electrons. The maximum absolute atomic E-state index is 12.0. The summed E-state index contributed by atoms with van der Waals surface area (Å²) >= 11 is 0. The molecule has 0 bridgehead atoms. The Hall–Kier alpha value is -2.10. The molecule has 0 fully saturated rings. The summed E-state index contributed by atoms with van der Waals surface area (Å²) in [5, 5.41) is 2.65. The Bertz CT molecular complexity index is 508. The number of nitrogens with zero attached hydrogens (tertiary/aromatic N) is 1. The lowest BCUT2D eigenvalue weighted by atomic mass is 9.99. The van der Waals surface area contributed by atoms with Gasteiger partial charge >= 0.3 is 0 Å². The second kappa shape index (κ2) is 6.89. The van der Waals surface area contributed by atoms with Crippen molar-refractivity contribution in [3.8, 4) is 0 Å². The van der Waals surface area contributed by atoms with Crippen molar-refractivity contribution in [3.05, 3.63) is 42.0 Å². The average molecular weight is 272 g/mol. The molecule has 4 nitrogen and oxygen atoms in total. The SMILES string of the molecule is CC(=O)NCCC(=O)N1CC=C(c2ccccc2)CC1. The minimum Gasteiger partial charge on any atom is -0.356 e. The second-order valence-electron chi connectivity index (χ2n) is 4.92. The molecule has 2 amide bonds. The third-order valence-electron chi connectivity index (χ3n) is 3.42. The van der Waals surface area contributed by atoms with Gasteiger partial charge in [0.25, 0.3) is 0 Å². The van der Waals surface area contributed by atoms with Crippen LogP contribution >= 0.6 is 0 Å². The van der Waals surface area contributed by atoms with Crippen molar-refractivity contribution in [3.63, 3.8) is 0 Å². The van der Waals surface area contributed by atoms with E-state index in [4.69, 9.17) is 0 Å². The van der Waals surface area contributed by atoms with Crippen molar-refractivity contribution in [1.82, 2.24) is 10.2 Å². The molecule has 1 heterocycles. The fraction of sp³-hybridized carbons (Fsp3) is 0.375. The molecule has 4 heteroatoms. The smallest absolute Gasteiger partial charge is 0.224 e. The van der Waals surface area contributed by atoms with Crippen LogP contribution in [0.2, 0.25) is 0 Å².